The first-order valence-corrected chi connectivity index (χ1v) is 19.6. The van der Waals surface area contributed by atoms with Crippen molar-refractivity contribution in [3.8, 4) is 0 Å². The predicted molar refractivity (Wildman–Crippen MR) is 225 cm³/mol. The van der Waals surface area contributed by atoms with Crippen molar-refractivity contribution >= 4 is 89.0 Å². The van der Waals surface area contributed by atoms with Gasteiger partial charge in [-0.2, -0.15) is 0 Å². The van der Waals surface area contributed by atoms with Gasteiger partial charge in [-0.05, 0) is 45.5 Å². The minimum absolute atomic E-state index is 0.0101. The van der Waals surface area contributed by atoms with Crippen LogP contribution in [-0.4, -0.2) is 27.5 Å². The number of nitrogens with one attached hydrogen (secondary N) is 2. The number of nitrogens with zero attached hydrogens (tertiary/aromatic N) is 3. The first-order chi connectivity index (χ1) is 26.8. The molecule has 0 saturated heterocycles. The summed E-state index contributed by atoms with van der Waals surface area (Å²) in [5.74, 6) is 0.888. The molecule has 4 atom stereocenters. The second kappa shape index (κ2) is 10.6. The van der Waals surface area contributed by atoms with Crippen LogP contribution in [0, 0.1) is 0 Å². The molecule has 0 bridgehead atoms. The normalized spacial score (nSPS) is 21.9. The quantitative estimate of drug-likeness (QED) is 0.178. The van der Waals surface area contributed by atoms with Gasteiger partial charge in [0, 0.05) is 43.0 Å². The van der Waals surface area contributed by atoms with E-state index in [0.29, 0.717) is 0 Å². The maximum absolute atomic E-state index is 5.77. The van der Waals surface area contributed by atoms with E-state index in [4.69, 9.17) is 9.98 Å². The summed E-state index contributed by atoms with van der Waals surface area (Å²) in [6.07, 6.45) is 8.51. The molecule has 54 heavy (non-hydrogen) atoms. The Hall–Kier alpha value is -6.37. The van der Waals surface area contributed by atoms with E-state index >= 15 is 0 Å². The molecule has 3 aliphatic heterocycles. The van der Waals surface area contributed by atoms with E-state index < -0.39 is 0 Å². The van der Waals surface area contributed by atoms with Crippen molar-refractivity contribution in [3.05, 3.63) is 174 Å². The molecule has 2 aliphatic carbocycles. The van der Waals surface area contributed by atoms with Crippen LogP contribution < -0.4 is 10.6 Å². The Morgan fingerprint density at radius 1 is 0.611 bits per heavy atom. The molecule has 0 saturated carbocycles. The maximum Gasteiger partial charge on any atom is 0.204 e. The minimum Gasteiger partial charge on any atom is -0.371 e. The molecule has 0 spiro atoms. The Labute approximate surface area is 315 Å². The van der Waals surface area contributed by atoms with Gasteiger partial charge in [-0.1, -0.05) is 133 Å². The molecule has 8 aromatic rings. The summed E-state index contributed by atoms with van der Waals surface area (Å²) in [5, 5.41) is 18.0. The van der Waals surface area contributed by atoms with Crippen LogP contribution in [0.3, 0.4) is 0 Å². The molecule has 5 nitrogen and oxygen atoms in total. The Balaban J connectivity index is 1.13. The summed E-state index contributed by atoms with van der Waals surface area (Å²) in [6.45, 7) is 0. The predicted octanol–water partition coefficient (Wildman–Crippen LogP) is 10.7. The van der Waals surface area contributed by atoms with Gasteiger partial charge in [0.25, 0.3) is 0 Å². The van der Waals surface area contributed by atoms with Crippen LogP contribution in [-0.2, 0) is 0 Å². The summed E-state index contributed by atoms with van der Waals surface area (Å²) in [4.78, 5) is 12.4. The zero-order valence-corrected chi connectivity index (χ0v) is 29.8. The molecular formula is C48H31N5S. The summed E-state index contributed by atoms with van der Waals surface area (Å²) < 4.78 is 2.47. The highest BCUT2D eigenvalue weighted by Gasteiger charge is 2.44. The molecule has 254 valence electrons. The summed E-state index contributed by atoms with van der Waals surface area (Å²) >= 11 is 1.96. The van der Waals surface area contributed by atoms with Crippen molar-refractivity contribution in [2.24, 2.45) is 9.98 Å². The fourth-order valence-corrected chi connectivity index (χ4v) is 11.3. The standard InChI is InChI=1S/C48H31N5S/c1-3-14-28-26(11-1)13-9-17-30(28)43-47-44(32-16-5-8-22-39(32)54-47)52-48(51-43)53-45-29-15-4-2-12-27(29)23-24-31(45)35-25-36-40-33(18-10-19-34(40)46(35)53)41-42(36)50-38-21-7-6-20-37(38)49-41/h1-25,37,43-44,47,49H,(H,51,52). The Bertz CT molecular complexity index is 3170. The number of hydrogen-bond acceptors (Lipinski definition) is 5. The van der Waals surface area contributed by atoms with Gasteiger partial charge in [0.2, 0.25) is 5.96 Å². The van der Waals surface area contributed by atoms with E-state index in [-0.39, 0.29) is 23.4 Å². The Morgan fingerprint density at radius 2 is 1.37 bits per heavy atom. The first kappa shape index (κ1) is 29.1. The van der Waals surface area contributed by atoms with Gasteiger partial charge >= 0.3 is 0 Å². The van der Waals surface area contributed by atoms with E-state index in [0.717, 1.165) is 23.1 Å². The zero-order chi connectivity index (χ0) is 35.1. The maximum atomic E-state index is 5.77. The van der Waals surface area contributed by atoms with Crippen LogP contribution in [0.15, 0.2) is 167 Å². The van der Waals surface area contributed by atoms with Crippen molar-refractivity contribution in [2.45, 2.75) is 28.3 Å². The van der Waals surface area contributed by atoms with Crippen molar-refractivity contribution in [1.82, 2.24) is 15.2 Å². The number of benzene rings is 7. The van der Waals surface area contributed by atoms with Crippen molar-refractivity contribution in [2.75, 3.05) is 0 Å². The van der Waals surface area contributed by atoms with Gasteiger partial charge < -0.3 is 10.6 Å². The molecule has 0 fully saturated rings. The molecule has 0 radical (unpaired) electrons. The number of thioether (sulfide) groups is 1. The molecule has 4 unspecified atom stereocenters. The Morgan fingerprint density at radius 3 is 2.31 bits per heavy atom. The van der Waals surface area contributed by atoms with E-state index in [1.54, 1.807) is 0 Å². The molecule has 4 heterocycles. The van der Waals surface area contributed by atoms with Crippen LogP contribution in [0.5, 0.6) is 0 Å². The van der Waals surface area contributed by atoms with E-state index in [1.165, 1.54) is 81.3 Å². The van der Waals surface area contributed by atoms with Gasteiger partial charge in [-0.15, -0.1) is 11.8 Å². The summed E-state index contributed by atoms with van der Waals surface area (Å²) in [7, 11) is 0. The zero-order valence-electron chi connectivity index (χ0n) is 29.0. The summed E-state index contributed by atoms with van der Waals surface area (Å²) in [5.41, 5.74) is 10.6. The monoisotopic (exact) mass is 709 g/mol. The lowest BCUT2D eigenvalue weighted by Crippen LogP contribution is -2.44. The van der Waals surface area contributed by atoms with E-state index in [1.807, 2.05) is 11.8 Å². The minimum atomic E-state index is -0.0101. The van der Waals surface area contributed by atoms with Crippen LogP contribution in [0.2, 0.25) is 0 Å². The van der Waals surface area contributed by atoms with Gasteiger partial charge in [-0.3, -0.25) is 4.57 Å². The summed E-state index contributed by atoms with van der Waals surface area (Å²) in [6, 6.07) is 47.0. The molecule has 0 amide bonds. The number of aromatic nitrogens is 1. The first-order valence-electron chi connectivity index (χ1n) is 18.7. The number of rotatable bonds is 1. The van der Waals surface area contributed by atoms with Crippen LogP contribution in [0.1, 0.15) is 34.3 Å². The van der Waals surface area contributed by atoms with Crippen LogP contribution in [0.25, 0.3) is 65.5 Å². The second-order valence-electron chi connectivity index (χ2n) is 14.9. The highest BCUT2D eigenvalue weighted by molar-refractivity contribution is 8.00. The third-order valence-corrected chi connectivity index (χ3v) is 13.6. The lowest BCUT2D eigenvalue weighted by molar-refractivity contribution is 0.508. The number of aliphatic imine (C=N–C) groups is 2. The third-order valence-electron chi connectivity index (χ3n) is 12.1. The SMILES string of the molecule is C1=CC2=NC3=C(NC2C=C1)c1cccc2c1c3cc1c3ccc4ccccc4c3n(C3=NC4c5ccccc5SC4C(c4cccc5ccccc45)N3)c21. The third kappa shape index (κ3) is 3.80. The van der Waals surface area contributed by atoms with Crippen LogP contribution in [0.4, 0.5) is 0 Å². The lowest BCUT2D eigenvalue weighted by Gasteiger charge is -2.35. The number of hydrogen-bond donors (Lipinski definition) is 2. The average molecular weight is 710 g/mol. The van der Waals surface area contributed by atoms with Gasteiger partial charge in [-0.25, -0.2) is 9.98 Å². The van der Waals surface area contributed by atoms with Crippen molar-refractivity contribution in [1.29, 1.82) is 0 Å². The largest absolute Gasteiger partial charge is 0.371 e. The van der Waals surface area contributed by atoms with E-state index in [2.05, 4.69) is 167 Å². The highest BCUT2D eigenvalue weighted by Crippen LogP contribution is 2.54. The molecule has 13 rings (SSSR count). The molecule has 7 aromatic carbocycles. The Kier molecular flexibility index (Phi) is 5.73. The van der Waals surface area contributed by atoms with Crippen LogP contribution >= 0.6 is 11.8 Å². The molecule has 2 N–H and O–H groups in total. The molecular weight excluding hydrogens is 679 g/mol. The van der Waals surface area contributed by atoms with E-state index in [9.17, 15) is 0 Å². The smallest absolute Gasteiger partial charge is 0.204 e. The molecule has 6 heteroatoms. The number of allylic oxidation sites excluding steroid dienone is 2. The molecule has 1 aromatic heterocycles. The fourth-order valence-electron chi connectivity index (χ4n) is 9.82. The van der Waals surface area contributed by atoms with Gasteiger partial charge in [0.1, 0.15) is 0 Å². The molecule has 5 aliphatic rings. The average Bonchev–Trinajstić information content (AvgIpc) is 3.88. The number of fused-ring (bicyclic) bond motifs is 13. The van der Waals surface area contributed by atoms with Gasteiger partial charge in [0.15, 0.2) is 0 Å². The lowest BCUT2D eigenvalue weighted by atomic mass is 9.90. The second-order valence-corrected chi connectivity index (χ2v) is 16.1. The topological polar surface area (TPSA) is 53.7 Å². The fraction of sp³-hybridized carbons (Fsp3) is 0.0833. The van der Waals surface area contributed by atoms with Crippen molar-refractivity contribution in [3.63, 3.8) is 0 Å². The highest BCUT2D eigenvalue weighted by atomic mass is 32.2. The van der Waals surface area contributed by atoms with Gasteiger partial charge in [0.05, 0.1) is 51.5 Å². The van der Waals surface area contributed by atoms with Crippen molar-refractivity contribution < 1.29 is 0 Å².